The molecule has 0 saturated carbocycles. The summed E-state index contributed by atoms with van der Waals surface area (Å²) in [6, 6.07) is 13.4. The molecule has 0 unspecified atom stereocenters. The highest BCUT2D eigenvalue weighted by Gasteiger charge is 2.30. The summed E-state index contributed by atoms with van der Waals surface area (Å²) >= 11 is 13.1. The van der Waals surface area contributed by atoms with Gasteiger partial charge in [0, 0.05) is 12.6 Å². The normalized spacial score (nSPS) is 19.9. The number of rotatable bonds is 1. The molecule has 0 aromatic heterocycles. The van der Waals surface area contributed by atoms with Crippen molar-refractivity contribution in [1.29, 1.82) is 0 Å². The molecule has 2 aromatic rings. The molecular weight excluding hydrogens is 293 g/mol. The van der Waals surface area contributed by atoms with Crippen LogP contribution in [0.25, 0.3) is 0 Å². The van der Waals surface area contributed by atoms with E-state index < -0.39 is 0 Å². The Balaban J connectivity index is 2.15. The first-order chi connectivity index (χ1) is 9.63. The molecule has 1 amide bonds. The predicted octanol–water partition coefficient (Wildman–Crippen LogP) is 4.02. The van der Waals surface area contributed by atoms with Gasteiger partial charge < -0.3 is 5.32 Å². The highest BCUT2D eigenvalue weighted by Crippen LogP contribution is 2.46. The van der Waals surface area contributed by atoms with Crippen LogP contribution in [0, 0.1) is 0 Å². The van der Waals surface area contributed by atoms with Crippen LogP contribution in [0.3, 0.4) is 0 Å². The van der Waals surface area contributed by atoms with E-state index in [0.29, 0.717) is 5.56 Å². The third kappa shape index (κ3) is 2.00. The van der Waals surface area contributed by atoms with Crippen molar-refractivity contribution < 1.29 is 4.79 Å². The first-order valence-corrected chi connectivity index (χ1v) is 7.23. The van der Waals surface area contributed by atoms with Crippen LogP contribution in [0.2, 0.25) is 0 Å². The standard InChI is InChI=1S/C16H13Cl2NO/c1-19-16(20)9-6-7-12-13(8-9)15(18)11-5-3-2-4-10(11)14(12)17/h2-8,14-15H,1H3,(H,19,20)/t14-,15+/m1/s1. The summed E-state index contributed by atoms with van der Waals surface area (Å²) in [4.78, 5) is 11.7. The SMILES string of the molecule is CNC(=O)c1ccc2c(c1)[C@@H](Cl)c1ccccc1[C@H]2Cl. The number of nitrogens with one attached hydrogen (secondary N) is 1. The molecule has 20 heavy (non-hydrogen) atoms. The summed E-state index contributed by atoms with van der Waals surface area (Å²) in [6.45, 7) is 0. The smallest absolute Gasteiger partial charge is 0.251 e. The summed E-state index contributed by atoms with van der Waals surface area (Å²) in [5.74, 6) is -0.123. The average Bonchev–Trinajstić information content (AvgIpc) is 2.51. The summed E-state index contributed by atoms with van der Waals surface area (Å²) in [5, 5.41) is 2.11. The minimum Gasteiger partial charge on any atom is -0.355 e. The van der Waals surface area contributed by atoms with Gasteiger partial charge in [-0.25, -0.2) is 0 Å². The van der Waals surface area contributed by atoms with Crippen LogP contribution < -0.4 is 5.32 Å². The maximum atomic E-state index is 11.7. The zero-order valence-corrected chi connectivity index (χ0v) is 12.4. The molecule has 0 spiro atoms. The Kier molecular flexibility index (Phi) is 3.45. The Bertz CT molecular complexity index is 684. The molecule has 102 valence electrons. The molecule has 0 aliphatic heterocycles. The molecule has 0 saturated heterocycles. The maximum absolute atomic E-state index is 11.7. The van der Waals surface area contributed by atoms with Crippen molar-refractivity contribution in [1.82, 2.24) is 5.32 Å². The molecule has 0 fully saturated rings. The fraction of sp³-hybridized carbons (Fsp3) is 0.188. The van der Waals surface area contributed by atoms with Gasteiger partial charge in [-0.3, -0.25) is 4.79 Å². The monoisotopic (exact) mass is 305 g/mol. The highest BCUT2D eigenvalue weighted by atomic mass is 35.5. The van der Waals surface area contributed by atoms with Gasteiger partial charge in [0.25, 0.3) is 5.91 Å². The van der Waals surface area contributed by atoms with Crippen LogP contribution in [-0.4, -0.2) is 13.0 Å². The number of halogens is 2. The lowest BCUT2D eigenvalue weighted by molar-refractivity contribution is 0.0963. The topological polar surface area (TPSA) is 29.1 Å². The van der Waals surface area contributed by atoms with E-state index >= 15 is 0 Å². The molecule has 1 N–H and O–H groups in total. The minimum atomic E-state index is -0.277. The predicted molar refractivity (Wildman–Crippen MR) is 81.7 cm³/mol. The number of carbonyl (C=O) groups excluding carboxylic acids is 1. The molecule has 1 aliphatic rings. The van der Waals surface area contributed by atoms with Crippen LogP contribution in [0.5, 0.6) is 0 Å². The fourth-order valence-corrected chi connectivity index (χ4v) is 3.40. The fourth-order valence-electron chi connectivity index (χ4n) is 2.62. The van der Waals surface area contributed by atoms with E-state index in [-0.39, 0.29) is 16.7 Å². The average molecular weight is 306 g/mol. The van der Waals surface area contributed by atoms with E-state index in [9.17, 15) is 4.79 Å². The van der Waals surface area contributed by atoms with Gasteiger partial charge in [0.05, 0.1) is 10.8 Å². The molecule has 3 rings (SSSR count). The van der Waals surface area contributed by atoms with Gasteiger partial charge in [0.15, 0.2) is 0 Å². The first-order valence-electron chi connectivity index (χ1n) is 6.36. The van der Waals surface area contributed by atoms with Gasteiger partial charge in [-0.05, 0) is 34.4 Å². The number of fused-ring (bicyclic) bond motifs is 2. The zero-order valence-electron chi connectivity index (χ0n) is 10.9. The lowest BCUT2D eigenvalue weighted by Gasteiger charge is -2.28. The molecular formula is C16H13Cl2NO. The third-order valence-electron chi connectivity index (χ3n) is 3.66. The van der Waals surface area contributed by atoms with Crippen molar-refractivity contribution in [3.63, 3.8) is 0 Å². The third-order valence-corrected chi connectivity index (χ3v) is 4.60. The van der Waals surface area contributed by atoms with Crippen LogP contribution in [0.1, 0.15) is 43.4 Å². The van der Waals surface area contributed by atoms with Gasteiger partial charge in [0.1, 0.15) is 0 Å². The maximum Gasteiger partial charge on any atom is 0.251 e. The molecule has 2 atom stereocenters. The lowest BCUT2D eigenvalue weighted by Crippen LogP contribution is -2.19. The molecule has 0 heterocycles. The van der Waals surface area contributed by atoms with Crippen LogP contribution >= 0.6 is 23.2 Å². The van der Waals surface area contributed by atoms with Crippen molar-refractivity contribution in [2.75, 3.05) is 7.05 Å². The van der Waals surface area contributed by atoms with Gasteiger partial charge >= 0.3 is 0 Å². The number of carbonyl (C=O) groups is 1. The Hall–Kier alpha value is -1.51. The Morgan fingerprint density at radius 3 is 2.10 bits per heavy atom. The first kappa shape index (κ1) is 13.5. The number of alkyl halides is 2. The summed E-state index contributed by atoms with van der Waals surface area (Å²) in [7, 11) is 1.61. The molecule has 4 heteroatoms. The van der Waals surface area contributed by atoms with Gasteiger partial charge in [-0.1, -0.05) is 30.3 Å². The van der Waals surface area contributed by atoms with E-state index in [1.165, 1.54) is 0 Å². The van der Waals surface area contributed by atoms with Crippen molar-refractivity contribution in [3.05, 3.63) is 70.3 Å². The zero-order chi connectivity index (χ0) is 14.3. The van der Waals surface area contributed by atoms with Gasteiger partial charge in [-0.2, -0.15) is 0 Å². The Labute approximate surface area is 127 Å². The van der Waals surface area contributed by atoms with E-state index in [2.05, 4.69) is 5.32 Å². The molecule has 1 aliphatic carbocycles. The number of benzene rings is 2. The Morgan fingerprint density at radius 1 is 0.950 bits per heavy atom. The largest absolute Gasteiger partial charge is 0.355 e. The molecule has 2 aromatic carbocycles. The van der Waals surface area contributed by atoms with Crippen molar-refractivity contribution in [2.24, 2.45) is 0 Å². The number of hydrogen-bond donors (Lipinski definition) is 1. The lowest BCUT2D eigenvalue weighted by atomic mass is 9.84. The quantitative estimate of drug-likeness (QED) is 0.792. The summed E-state index contributed by atoms with van der Waals surface area (Å²) in [5.41, 5.74) is 4.52. The molecule has 0 bridgehead atoms. The van der Waals surface area contributed by atoms with Crippen LogP contribution in [0.15, 0.2) is 42.5 Å². The van der Waals surface area contributed by atoms with E-state index in [4.69, 9.17) is 23.2 Å². The number of amides is 1. The molecule has 2 nitrogen and oxygen atoms in total. The van der Waals surface area contributed by atoms with Crippen molar-refractivity contribution in [2.45, 2.75) is 10.8 Å². The molecule has 0 radical (unpaired) electrons. The van der Waals surface area contributed by atoms with E-state index in [1.807, 2.05) is 36.4 Å². The van der Waals surface area contributed by atoms with Crippen molar-refractivity contribution >= 4 is 29.1 Å². The number of hydrogen-bond acceptors (Lipinski definition) is 1. The summed E-state index contributed by atoms with van der Waals surface area (Å²) in [6.07, 6.45) is 0. The van der Waals surface area contributed by atoms with Crippen molar-refractivity contribution in [3.8, 4) is 0 Å². The van der Waals surface area contributed by atoms with E-state index in [1.54, 1.807) is 13.1 Å². The van der Waals surface area contributed by atoms with Crippen LogP contribution in [-0.2, 0) is 0 Å². The Morgan fingerprint density at radius 2 is 1.50 bits per heavy atom. The summed E-state index contributed by atoms with van der Waals surface area (Å²) < 4.78 is 0. The van der Waals surface area contributed by atoms with E-state index in [0.717, 1.165) is 22.3 Å². The minimum absolute atomic E-state index is 0.123. The van der Waals surface area contributed by atoms with Crippen LogP contribution in [0.4, 0.5) is 0 Å². The van der Waals surface area contributed by atoms with Gasteiger partial charge in [0.2, 0.25) is 0 Å². The second kappa shape index (κ2) is 5.12. The van der Waals surface area contributed by atoms with Gasteiger partial charge in [-0.15, -0.1) is 23.2 Å². The highest BCUT2D eigenvalue weighted by molar-refractivity contribution is 6.26. The second-order valence-electron chi connectivity index (χ2n) is 4.78. The second-order valence-corrected chi connectivity index (χ2v) is 5.65.